The highest BCUT2D eigenvalue weighted by atomic mass is 32.1. The molecule has 19 heavy (non-hydrogen) atoms. The molecule has 0 spiro atoms. The fourth-order valence-electron chi connectivity index (χ4n) is 2.06. The van der Waals surface area contributed by atoms with E-state index in [2.05, 4.69) is 12.3 Å². The van der Waals surface area contributed by atoms with Gasteiger partial charge in [-0.2, -0.15) is 11.3 Å². The van der Waals surface area contributed by atoms with E-state index in [0.29, 0.717) is 17.9 Å². The molecule has 0 saturated carbocycles. The zero-order valence-corrected chi connectivity index (χ0v) is 12.1. The fourth-order valence-corrected chi connectivity index (χ4v) is 2.72. The molecule has 0 aliphatic heterocycles. The molecule has 0 bridgehead atoms. The maximum atomic E-state index is 12.4. The van der Waals surface area contributed by atoms with Gasteiger partial charge in [-0.25, -0.2) is 0 Å². The molecule has 0 unspecified atom stereocenters. The SMILES string of the molecule is CCCn1cc(N)cc1C(=O)N(C)Cc1ccsc1. The number of nitrogen functional groups attached to an aromatic ring is 1. The van der Waals surface area contributed by atoms with E-state index in [9.17, 15) is 4.79 Å². The van der Waals surface area contributed by atoms with Gasteiger partial charge in [0.2, 0.25) is 0 Å². The van der Waals surface area contributed by atoms with Crippen molar-refractivity contribution in [3.05, 3.63) is 40.3 Å². The maximum absolute atomic E-state index is 12.4. The van der Waals surface area contributed by atoms with Crippen LogP contribution >= 0.6 is 11.3 Å². The molecule has 0 aliphatic rings. The molecule has 0 radical (unpaired) electrons. The average molecular weight is 277 g/mol. The topological polar surface area (TPSA) is 51.3 Å². The second-order valence-corrected chi connectivity index (χ2v) is 5.42. The summed E-state index contributed by atoms with van der Waals surface area (Å²) >= 11 is 1.64. The molecule has 2 aromatic heterocycles. The van der Waals surface area contributed by atoms with Gasteiger partial charge in [0.1, 0.15) is 5.69 Å². The molecule has 1 amide bonds. The average Bonchev–Trinajstić information content (AvgIpc) is 2.98. The third-order valence-corrected chi connectivity index (χ3v) is 3.68. The van der Waals surface area contributed by atoms with Crippen LogP contribution in [0.4, 0.5) is 5.69 Å². The highest BCUT2D eigenvalue weighted by molar-refractivity contribution is 7.07. The zero-order valence-electron chi connectivity index (χ0n) is 11.3. The van der Waals surface area contributed by atoms with Crippen molar-refractivity contribution in [2.75, 3.05) is 12.8 Å². The number of hydrogen-bond donors (Lipinski definition) is 1. The van der Waals surface area contributed by atoms with E-state index in [0.717, 1.165) is 18.5 Å². The number of nitrogens with two attached hydrogens (primary N) is 1. The molecule has 4 nitrogen and oxygen atoms in total. The summed E-state index contributed by atoms with van der Waals surface area (Å²) in [6, 6.07) is 3.79. The lowest BCUT2D eigenvalue weighted by atomic mass is 10.3. The van der Waals surface area contributed by atoms with Crippen LogP contribution in [0.2, 0.25) is 0 Å². The van der Waals surface area contributed by atoms with Crippen LogP contribution in [0, 0.1) is 0 Å². The van der Waals surface area contributed by atoms with E-state index in [1.807, 2.05) is 29.3 Å². The number of carbonyl (C=O) groups excluding carboxylic acids is 1. The van der Waals surface area contributed by atoms with Gasteiger partial charge in [-0.3, -0.25) is 4.79 Å². The van der Waals surface area contributed by atoms with E-state index < -0.39 is 0 Å². The minimum absolute atomic E-state index is 0.0105. The first kappa shape index (κ1) is 13.7. The maximum Gasteiger partial charge on any atom is 0.270 e. The third-order valence-electron chi connectivity index (χ3n) is 2.95. The Balaban J connectivity index is 2.14. The first-order valence-electron chi connectivity index (χ1n) is 6.34. The molecule has 0 fully saturated rings. The largest absolute Gasteiger partial charge is 0.397 e. The predicted molar refractivity (Wildman–Crippen MR) is 79.3 cm³/mol. The molecule has 0 atom stereocenters. The summed E-state index contributed by atoms with van der Waals surface area (Å²) in [5, 5.41) is 4.08. The molecule has 102 valence electrons. The summed E-state index contributed by atoms with van der Waals surface area (Å²) in [7, 11) is 1.82. The minimum atomic E-state index is 0.0105. The molecule has 2 aromatic rings. The molecule has 0 aromatic carbocycles. The summed E-state index contributed by atoms with van der Waals surface area (Å²) in [6.07, 6.45) is 2.80. The van der Waals surface area contributed by atoms with Gasteiger partial charge in [-0.05, 0) is 34.9 Å². The smallest absolute Gasteiger partial charge is 0.270 e. The third kappa shape index (κ3) is 3.17. The highest BCUT2D eigenvalue weighted by Gasteiger charge is 2.17. The highest BCUT2D eigenvalue weighted by Crippen LogP contribution is 2.15. The van der Waals surface area contributed by atoms with Crippen LogP contribution in [-0.4, -0.2) is 22.4 Å². The Morgan fingerprint density at radius 2 is 2.32 bits per heavy atom. The minimum Gasteiger partial charge on any atom is -0.397 e. The number of hydrogen-bond acceptors (Lipinski definition) is 3. The number of carbonyl (C=O) groups is 1. The van der Waals surface area contributed by atoms with Crippen molar-refractivity contribution < 1.29 is 4.79 Å². The Morgan fingerprint density at radius 3 is 2.95 bits per heavy atom. The zero-order chi connectivity index (χ0) is 13.8. The lowest BCUT2D eigenvalue weighted by Crippen LogP contribution is -2.28. The van der Waals surface area contributed by atoms with Crippen molar-refractivity contribution in [3.63, 3.8) is 0 Å². The summed E-state index contributed by atoms with van der Waals surface area (Å²) in [6.45, 7) is 3.52. The number of nitrogens with zero attached hydrogens (tertiary/aromatic N) is 2. The Bertz CT molecular complexity index is 545. The van der Waals surface area contributed by atoms with Gasteiger partial charge in [0.15, 0.2) is 0 Å². The van der Waals surface area contributed by atoms with Crippen molar-refractivity contribution in [1.82, 2.24) is 9.47 Å². The van der Waals surface area contributed by atoms with E-state index in [4.69, 9.17) is 5.73 Å². The molecule has 0 saturated heterocycles. The molecule has 0 aliphatic carbocycles. The van der Waals surface area contributed by atoms with Gasteiger partial charge in [0.25, 0.3) is 5.91 Å². The van der Waals surface area contributed by atoms with E-state index in [-0.39, 0.29) is 5.91 Å². The van der Waals surface area contributed by atoms with Crippen LogP contribution in [0.5, 0.6) is 0 Å². The van der Waals surface area contributed by atoms with Crippen LogP contribution in [0.1, 0.15) is 29.4 Å². The quantitative estimate of drug-likeness (QED) is 0.913. The lowest BCUT2D eigenvalue weighted by molar-refractivity contribution is 0.0774. The first-order valence-corrected chi connectivity index (χ1v) is 7.28. The van der Waals surface area contributed by atoms with Gasteiger partial charge >= 0.3 is 0 Å². The van der Waals surface area contributed by atoms with Crippen LogP contribution in [0.15, 0.2) is 29.1 Å². The van der Waals surface area contributed by atoms with Gasteiger partial charge in [0, 0.05) is 26.3 Å². The van der Waals surface area contributed by atoms with E-state index in [1.54, 1.807) is 22.3 Å². The summed E-state index contributed by atoms with van der Waals surface area (Å²) in [4.78, 5) is 14.2. The molecule has 2 heterocycles. The molecule has 5 heteroatoms. The Morgan fingerprint density at radius 1 is 1.53 bits per heavy atom. The lowest BCUT2D eigenvalue weighted by Gasteiger charge is -2.17. The van der Waals surface area contributed by atoms with Crippen LogP contribution in [0.25, 0.3) is 0 Å². The molecular weight excluding hydrogens is 258 g/mol. The summed E-state index contributed by atoms with van der Waals surface area (Å²) in [5.41, 5.74) is 8.25. The predicted octanol–water partition coefficient (Wildman–Crippen LogP) is 2.81. The second-order valence-electron chi connectivity index (χ2n) is 4.64. The van der Waals surface area contributed by atoms with E-state index >= 15 is 0 Å². The standard InChI is InChI=1S/C14H19N3OS/c1-3-5-17-9-12(15)7-13(17)14(18)16(2)8-11-4-6-19-10-11/h4,6-7,9-10H,3,5,8,15H2,1-2H3. The number of rotatable bonds is 5. The van der Waals surface area contributed by atoms with Gasteiger partial charge in [0.05, 0.1) is 5.69 Å². The number of amides is 1. The fraction of sp³-hybridized carbons (Fsp3) is 0.357. The Kier molecular flexibility index (Phi) is 4.27. The van der Waals surface area contributed by atoms with Crippen molar-refractivity contribution in [1.29, 1.82) is 0 Å². The van der Waals surface area contributed by atoms with Gasteiger partial charge in [-0.15, -0.1) is 0 Å². The van der Waals surface area contributed by atoms with Gasteiger partial charge in [-0.1, -0.05) is 6.92 Å². The molecule has 2 N–H and O–H groups in total. The van der Waals surface area contributed by atoms with Crippen LogP contribution in [-0.2, 0) is 13.1 Å². The van der Waals surface area contributed by atoms with Crippen molar-refractivity contribution in [3.8, 4) is 0 Å². The summed E-state index contributed by atoms with van der Waals surface area (Å²) in [5.74, 6) is 0.0105. The summed E-state index contributed by atoms with van der Waals surface area (Å²) < 4.78 is 1.93. The van der Waals surface area contributed by atoms with Crippen LogP contribution < -0.4 is 5.73 Å². The Hall–Kier alpha value is -1.75. The number of aryl methyl sites for hydroxylation is 1. The first-order chi connectivity index (χ1) is 9.11. The normalized spacial score (nSPS) is 10.6. The Labute approximate surface area is 117 Å². The second kappa shape index (κ2) is 5.93. The van der Waals surface area contributed by atoms with Crippen molar-refractivity contribution in [2.24, 2.45) is 0 Å². The number of anilines is 1. The van der Waals surface area contributed by atoms with E-state index in [1.165, 1.54) is 0 Å². The number of aromatic nitrogens is 1. The van der Waals surface area contributed by atoms with Crippen molar-refractivity contribution in [2.45, 2.75) is 26.4 Å². The number of thiophene rings is 1. The van der Waals surface area contributed by atoms with Crippen LogP contribution in [0.3, 0.4) is 0 Å². The van der Waals surface area contributed by atoms with Gasteiger partial charge < -0.3 is 15.2 Å². The molecule has 2 rings (SSSR count). The molecular formula is C14H19N3OS. The van der Waals surface area contributed by atoms with Crippen molar-refractivity contribution >= 4 is 22.9 Å². The monoisotopic (exact) mass is 277 g/mol.